The third-order valence-electron chi connectivity index (χ3n) is 3.58. The lowest BCUT2D eigenvalue weighted by Gasteiger charge is -2.26. The summed E-state index contributed by atoms with van der Waals surface area (Å²) in [6.45, 7) is 2.22. The van der Waals surface area contributed by atoms with Gasteiger partial charge in [-0.3, -0.25) is 0 Å². The van der Waals surface area contributed by atoms with Crippen molar-refractivity contribution >= 4 is 0 Å². The number of nitrogens with one attached hydrogen (secondary N) is 1. The lowest BCUT2D eigenvalue weighted by atomic mass is 9.94. The van der Waals surface area contributed by atoms with Gasteiger partial charge in [-0.1, -0.05) is 31.4 Å². The fourth-order valence-corrected chi connectivity index (χ4v) is 2.70. The van der Waals surface area contributed by atoms with Gasteiger partial charge >= 0.3 is 0 Å². The molecule has 0 saturated heterocycles. The normalized spacial score (nSPS) is 19.2. The van der Waals surface area contributed by atoms with Gasteiger partial charge in [0, 0.05) is 12.1 Å². The smallest absolute Gasteiger partial charge is 0.123 e. The van der Waals surface area contributed by atoms with Crippen LogP contribution >= 0.6 is 0 Å². The van der Waals surface area contributed by atoms with E-state index >= 15 is 0 Å². The Morgan fingerprint density at radius 2 is 1.82 bits per heavy atom. The molecule has 1 aliphatic rings. The van der Waals surface area contributed by atoms with Crippen LogP contribution in [0.2, 0.25) is 0 Å². The van der Waals surface area contributed by atoms with E-state index in [1.54, 1.807) is 12.1 Å². The Hall–Kier alpha value is -0.890. The summed E-state index contributed by atoms with van der Waals surface area (Å²) in [4.78, 5) is 0. The Labute approximate surface area is 103 Å². The number of hydrogen-bond acceptors (Lipinski definition) is 1. The third kappa shape index (κ3) is 4.12. The number of rotatable bonds is 4. The Balaban J connectivity index is 1.79. The second-order valence-corrected chi connectivity index (χ2v) is 5.23. The second-order valence-electron chi connectivity index (χ2n) is 5.23. The van der Waals surface area contributed by atoms with Gasteiger partial charge in [0.25, 0.3) is 0 Å². The summed E-state index contributed by atoms with van der Waals surface area (Å²) in [6.07, 6.45) is 7.73. The molecule has 17 heavy (non-hydrogen) atoms. The highest BCUT2D eigenvalue weighted by Gasteiger charge is 2.15. The highest BCUT2D eigenvalue weighted by atomic mass is 19.1. The van der Waals surface area contributed by atoms with Crippen LogP contribution in [-0.2, 0) is 6.42 Å². The average molecular weight is 235 g/mol. The molecule has 0 heterocycles. The van der Waals surface area contributed by atoms with Gasteiger partial charge < -0.3 is 5.32 Å². The predicted molar refractivity (Wildman–Crippen MR) is 69.6 cm³/mol. The largest absolute Gasteiger partial charge is 0.311 e. The van der Waals surface area contributed by atoms with Gasteiger partial charge in [0.2, 0.25) is 0 Å². The molecule has 0 bridgehead atoms. The standard InChI is InChI=1S/C15H22FN/c1-12(17-15-5-3-2-4-6-15)11-13-7-9-14(16)10-8-13/h7-10,12,15,17H,2-6,11H2,1H3. The molecule has 2 heteroatoms. The van der Waals surface area contributed by atoms with E-state index in [9.17, 15) is 4.39 Å². The Bertz CT molecular complexity index is 327. The molecule has 1 atom stereocenters. The van der Waals surface area contributed by atoms with Gasteiger partial charge in [0.15, 0.2) is 0 Å². The summed E-state index contributed by atoms with van der Waals surface area (Å²) in [5, 5.41) is 3.69. The fourth-order valence-electron chi connectivity index (χ4n) is 2.70. The maximum absolute atomic E-state index is 12.8. The van der Waals surface area contributed by atoms with Crippen molar-refractivity contribution in [3.8, 4) is 0 Å². The molecule has 1 fully saturated rings. The quantitative estimate of drug-likeness (QED) is 0.839. The molecular weight excluding hydrogens is 213 g/mol. The topological polar surface area (TPSA) is 12.0 Å². The zero-order valence-electron chi connectivity index (χ0n) is 10.6. The molecular formula is C15H22FN. The molecule has 2 rings (SSSR count). The highest BCUT2D eigenvalue weighted by Crippen LogP contribution is 2.18. The minimum absolute atomic E-state index is 0.151. The van der Waals surface area contributed by atoms with Crippen molar-refractivity contribution in [3.05, 3.63) is 35.6 Å². The van der Waals surface area contributed by atoms with Crippen LogP contribution in [0.25, 0.3) is 0 Å². The zero-order chi connectivity index (χ0) is 12.1. The molecule has 1 aromatic rings. The minimum Gasteiger partial charge on any atom is -0.311 e. The molecule has 0 spiro atoms. The number of halogens is 1. The first-order valence-corrected chi connectivity index (χ1v) is 6.74. The van der Waals surface area contributed by atoms with Crippen LogP contribution in [0.5, 0.6) is 0 Å². The van der Waals surface area contributed by atoms with Crippen LogP contribution in [0.15, 0.2) is 24.3 Å². The Kier molecular flexibility index (Phi) is 4.55. The molecule has 94 valence electrons. The second kappa shape index (κ2) is 6.15. The molecule has 0 aliphatic heterocycles. The summed E-state index contributed by atoms with van der Waals surface area (Å²) in [5.41, 5.74) is 1.21. The van der Waals surface area contributed by atoms with Crippen molar-refractivity contribution in [2.45, 2.75) is 57.5 Å². The average Bonchev–Trinajstić information content (AvgIpc) is 2.33. The van der Waals surface area contributed by atoms with Crippen molar-refractivity contribution in [3.63, 3.8) is 0 Å². The van der Waals surface area contributed by atoms with E-state index in [2.05, 4.69) is 12.2 Å². The van der Waals surface area contributed by atoms with Crippen molar-refractivity contribution < 1.29 is 4.39 Å². The summed E-state index contributed by atoms with van der Waals surface area (Å²) >= 11 is 0. The Morgan fingerprint density at radius 1 is 1.18 bits per heavy atom. The van der Waals surface area contributed by atoms with Gasteiger partial charge in [0.05, 0.1) is 0 Å². The van der Waals surface area contributed by atoms with Crippen molar-refractivity contribution in [1.29, 1.82) is 0 Å². The maximum Gasteiger partial charge on any atom is 0.123 e. The van der Waals surface area contributed by atoms with Crippen LogP contribution in [-0.4, -0.2) is 12.1 Å². The van der Waals surface area contributed by atoms with Gasteiger partial charge in [-0.05, 0) is 43.9 Å². The van der Waals surface area contributed by atoms with E-state index in [1.165, 1.54) is 37.7 Å². The molecule has 1 nitrogen and oxygen atoms in total. The summed E-state index contributed by atoms with van der Waals surface area (Å²) in [5.74, 6) is -0.151. The lowest BCUT2D eigenvalue weighted by Crippen LogP contribution is -2.38. The SMILES string of the molecule is CC(Cc1ccc(F)cc1)NC1CCCCC1. The molecule has 1 N–H and O–H groups in total. The van der Waals surface area contributed by atoms with E-state index in [-0.39, 0.29) is 5.82 Å². The summed E-state index contributed by atoms with van der Waals surface area (Å²) in [7, 11) is 0. The van der Waals surface area contributed by atoms with E-state index < -0.39 is 0 Å². The lowest BCUT2D eigenvalue weighted by molar-refractivity contribution is 0.343. The monoisotopic (exact) mass is 235 g/mol. The van der Waals surface area contributed by atoms with E-state index in [0.29, 0.717) is 12.1 Å². The van der Waals surface area contributed by atoms with E-state index in [4.69, 9.17) is 0 Å². The predicted octanol–water partition coefficient (Wildman–Crippen LogP) is 3.68. The summed E-state index contributed by atoms with van der Waals surface area (Å²) in [6, 6.07) is 8.02. The molecule has 1 unspecified atom stereocenters. The van der Waals surface area contributed by atoms with Crippen molar-refractivity contribution in [2.75, 3.05) is 0 Å². The van der Waals surface area contributed by atoms with Crippen LogP contribution in [0.1, 0.15) is 44.6 Å². The zero-order valence-corrected chi connectivity index (χ0v) is 10.6. The first-order valence-electron chi connectivity index (χ1n) is 6.74. The maximum atomic E-state index is 12.8. The van der Waals surface area contributed by atoms with E-state index in [0.717, 1.165) is 6.42 Å². The molecule has 0 radical (unpaired) electrons. The van der Waals surface area contributed by atoms with Gasteiger partial charge in [-0.25, -0.2) is 4.39 Å². The molecule has 1 saturated carbocycles. The number of benzene rings is 1. The van der Waals surface area contributed by atoms with Gasteiger partial charge in [-0.2, -0.15) is 0 Å². The van der Waals surface area contributed by atoms with Crippen LogP contribution in [0, 0.1) is 5.82 Å². The van der Waals surface area contributed by atoms with Gasteiger partial charge in [0.1, 0.15) is 5.82 Å². The van der Waals surface area contributed by atoms with Crippen LogP contribution in [0.4, 0.5) is 4.39 Å². The highest BCUT2D eigenvalue weighted by molar-refractivity contribution is 5.17. The molecule has 1 aromatic carbocycles. The minimum atomic E-state index is -0.151. The Morgan fingerprint density at radius 3 is 2.47 bits per heavy atom. The van der Waals surface area contributed by atoms with E-state index in [1.807, 2.05) is 12.1 Å². The fraction of sp³-hybridized carbons (Fsp3) is 0.600. The molecule has 1 aliphatic carbocycles. The van der Waals surface area contributed by atoms with Crippen molar-refractivity contribution in [2.24, 2.45) is 0 Å². The first kappa shape index (κ1) is 12.6. The van der Waals surface area contributed by atoms with Crippen molar-refractivity contribution in [1.82, 2.24) is 5.32 Å². The van der Waals surface area contributed by atoms with Gasteiger partial charge in [-0.15, -0.1) is 0 Å². The molecule has 0 amide bonds. The summed E-state index contributed by atoms with van der Waals surface area (Å²) < 4.78 is 12.8. The van der Waals surface area contributed by atoms with Crippen LogP contribution in [0.3, 0.4) is 0 Å². The third-order valence-corrected chi connectivity index (χ3v) is 3.58. The number of hydrogen-bond donors (Lipinski definition) is 1. The molecule has 0 aromatic heterocycles. The van der Waals surface area contributed by atoms with Crippen LogP contribution < -0.4 is 5.32 Å². The first-order chi connectivity index (χ1) is 8.24.